The summed E-state index contributed by atoms with van der Waals surface area (Å²) in [6, 6.07) is 0. The number of amides is 1. The average molecular weight is 211 g/mol. The summed E-state index contributed by atoms with van der Waals surface area (Å²) in [7, 11) is 0. The molecule has 2 unspecified atom stereocenters. The van der Waals surface area contributed by atoms with Gasteiger partial charge in [-0.15, -0.1) is 0 Å². The van der Waals surface area contributed by atoms with E-state index in [0.717, 1.165) is 26.3 Å². The van der Waals surface area contributed by atoms with Crippen molar-refractivity contribution in [2.24, 2.45) is 17.8 Å². The molecule has 86 valence electrons. The normalized spacial score (nSPS) is 32.5. The summed E-state index contributed by atoms with van der Waals surface area (Å²) in [5, 5.41) is 0. The second-order valence-corrected chi connectivity index (χ2v) is 5.35. The summed E-state index contributed by atoms with van der Waals surface area (Å²) >= 11 is 0. The Balaban J connectivity index is 1.82. The lowest BCUT2D eigenvalue weighted by molar-refractivity contribution is -0.139. The maximum Gasteiger partial charge on any atom is 0.223 e. The van der Waals surface area contributed by atoms with Crippen molar-refractivity contribution in [3.05, 3.63) is 0 Å². The fraction of sp³-hybridized carbons (Fsp3) is 0.917. The van der Waals surface area contributed by atoms with Crippen LogP contribution < -0.4 is 0 Å². The molecule has 0 aliphatic carbocycles. The summed E-state index contributed by atoms with van der Waals surface area (Å²) in [6.45, 7) is 7.95. The molecular weight excluding hydrogens is 190 g/mol. The Labute approximate surface area is 91.8 Å². The Bertz CT molecular complexity index is 228. The van der Waals surface area contributed by atoms with E-state index >= 15 is 0 Å². The third-order valence-corrected chi connectivity index (χ3v) is 3.39. The van der Waals surface area contributed by atoms with E-state index < -0.39 is 0 Å². The van der Waals surface area contributed by atoms with Crippen LogP contribution in [0.25, 0.3) is 0 Å². The van der Waals surface area contributed by atoms with Crippen molar-refractivity contribution in [2.45, 2.75) is 26.7 Å². The summed E-state index contributed by atoms with van der Waals surface area (Å²) in [6.07, 6.45) is 1.95. The van der Waals surface area contributed by atoms with Gasteiger partial charge in [0.2, 0.25) is 5.91 Å². The largest absolute Gasteiger partial charge is 0.381 e. The maximum absolute atomic E-state index is 12.0. The molecule has 0 saturated carbocycles. The number of piperidine rings is 1. The molecule has 0 spiro atoms. The van der Waals surface area contributed by atoms with Gasteiger partial charge in [0.1, 0.15) is 0 Å². The van der Waals surface area contributed by atoms with E-state index in [4.69, 9.17) is 4.74 Å². The standard InChI is InChI=1S/C12H21NO2/c1-9-3-10(2)6-13(5-9)12(14)4-11-7-15-8-11/h9-11H,3-8H2,1-2H3. The number of hydrogen-bond donors (Lipinski definition) is 0. The molecule has 0 radical (unpaired) electrons. The SMILES string of the molecule is CC1CC(C)CN(C(=O)CC2COC2)C1. The first-order valence-electron chi connectivity index (χ1n) is 6.00. The van der Waals surface area contributed by atoms with Crippen molar-refractivity contribution >= 4 is 5.91 Å². The van der Waals surface area contributed by atoms with E-state index in [2.05, 4.69) is 18.7 Å². The zero-order valence-electron chi connectivity index (χ0n) is 9.74. The highest BCUT2D eigenvalue weighted by molar-refractivity contribution is 5.76. The third kappa shape index (κ3) is 2.71. The minimum absolute atomic E-state index is 0.335. The van der Waals surface area contributed by atoms with Gasteiger partial charge in [0.05, 0.1) is 13.2 Å². The van der Waals surface area contributed by atoms with E-state index in [0.29, 0.717) is 30.1 Å². The summed E-state index contributed by atoms with van der Waals surface area (Å²) in [5.41, 5.74) is 0. The Morgan fingerprint density at radius 2 is 1.87 bits per heavy atom. The molecule has 0 aromatic heterocycles. The first-order valence-corrected chi connectivity index (χ1v) is 6.00. The zero-order valence-corrected chi connectivity index (χ0v) is 9.74. The summed E-state index contributed by atoms with van der Waals surface area (Å²) in [4.78, 5) is 14.0. The van der Waals surface area contributed by atoms with Gasteiger partial charge in [0, 0.05) is 25.4 Å². The third-order valence-electron chi connectivity index (χ3n) is 3.39. The second kappa shape index (κ2) is 4.52. The van der Waals surface area contributed by atoms with Crippen LogP contribution >= 0.6 is 0 Å². The molecule has 2 aliphatic heterocycles. The van der Waals surface area contributed by atoms with Crippen LogP contribution in [0.5, 0.6) is 0 Å². The Morgan fingerprint density at radius 1 is 1.27 bits per heavy atom. The van der Waals surface area contributed by atoms with Crippen LogP contribution in [0.15, 0.2) is 0 Å². The van der Waals surface area contributed by atoms with Crippen molar-refractivity contribution in [2.75, 3.05) is 26.3 Å². The van der Waals surface area contributed by atoms with Crippen LogP contribution in [0.1, 0.15) is 26.7 Å². The summed E-state index contributed by atoms with van der Waals surface area (Å²) in [5.74, 6) is 2.15. The molecule has 2 fully saturated rings. The van der Waals surface area contributed by atoms with Crippen molar-refractivity contribution < 1.29 is 9.53 Å². The lowest BCUT2D eigenvalue weighted by atomic mass is 9.91. The molecule has 2 atom stereocenters. The van der Waals surface area contributed by atoms with Crippen LogP contribution in [-0.4, -0.2) is 37.1 Å². The molecule has 0 N–H and O–H groups in total. The number of carbonyl (C=O) groups is 1. The fourth-order valence-corrected chi connectivity index (χ4v) is 2.64. The van der Waals surface area contributed by atoms with Crippen LogP contribution in [0.2, 0.25) is 0 Å². The molecule has 1 amide bonds. The highest BCUT2D eigenvalue weighted by Crippen LogP contribution is 2.23. The zero-order chi connectivity index (χ0) is 10.8. The Kier molecular flexibility index (Phi) is 3.29. The predicted molar refractivity (Wildman–Crippen MR) is 58.5 cm³/mol. The smallest absolute Gasteiger partial charge is 0.223 e. The number of nitrogens with zero attached hydrogens (tertiary/aromatic N) is 1. The molecule has 0 aromatic carbocycles. The fourth-order valence-electron chi connectivity index (χ4n) is 2.64. The van der Waals surface area contributed by atoms with Gasteiger partial charge < -0.3 is 9.64 Å². The first-order chi connectivity index (χ1) is 7.15. The molecule has 2 aliphatic rings. The van der Waals surface area contributed by atoms with Crippen LogP contribution in [-0.2, 0) is 9.53 Å². The lowest BCUT2D eigenvalue weighted by Crippen LogP contribution is -2.44. The summed E-state index contributed by atoms with van der Waals surface area (Å²) < 4.78 is 5.09. The quantitative estimate of drug-likeness (QED) is 0.693. The van der Waals surface area contributed by atoms with Gasteiger partial charge in [-0.05, 0) is 18.3 Å². The number of carbonyl (C=O) groups excluding carboxylic acids is 1. The van der Waals surface area contributed by atoms with Crippen molar-refractivity contribution in [1.29, 1.82) is 0 Å². The molecule has 2 saturated heterocycles. The Morgan fingerprint density at radius 3 is 2.33 bits per heavy atom. The van der Waals surface area contributed by atoms with E-state index in [9.17, 15) is 4.79 Å². The average Bonchev–Trinajstić information content (AvgIpc) is 2.09. The van der Waals surface area contributed by atoms with Gasteiger partial charge in [-0.2, -0.15) is 0 Å². The van der Waals surface area contributed by atoms with Crippen molar-refractivity contribution in [3.8, 4) is 0 Å². The van der Waals surface area contributed by atoms with Gasteiger partial charge in [-0.1, -0.05) is 13.8 Å². The highest BCUT2D eigenvalue weighted by Gasteiger charge is 2.28. The number of ether oxygens (including phenoxy) is 1. The Hall–Kier alpha value is -0.570. The second-order valence-electron chi connectivity index (χ2n) is 5.35. The van der Waals surface area contributed by atoms with Crippen LogP contribution in [0.4, 0.5) is 0 Å². The van der Waals surface area contributed by atoms with Gasteiger partial charge in [-0.3, -0.25) is 4.79 Å². The van der Waals surface area contributed by atoms with Crippen LogP contribution in [0.3, 0.4) is 0 Å². The molecule has 2 rings (SSSR count). The first kappa shape index (κ1) is 10.9. The van der Waals surface area contributed by atoms with Gasteiger partial charge in [-0.25, -0.2) is 0 Å². The topological polar surface area (TPSA) is 29.5 Å². The predicted octanol–water partition coefficient (Wildman–Crippen LogP) is 1.53. The van der Waals surface area contributed by atoms with E-state index in [1.165, 1.54) is 6.42 Å². The van der Waals surface area contributed by atoms with Gasteiger partial charge >= 0.3 is 0 Å². The number of hydrogen-bond acceptors (Lipinski definition) is 2. The molecule has 15 heavy (non-hydrogen) atoms. The number of rotatable bonds is 2. The van der Waals surface area contributed by atoms with E-state index in [-0.39, 0.29) is 0 Å². The molecule has 0 bridgehead atoms. The van der Waals surface area contributed by atoms with Gasteiger partial charge in [0.15, 0.2) is 0 Å². The minimum Gasteiger partial charge on any atom is -0.381 e. The van der Waals surface area contributed by atoms with Crippen molar-refractivity contribution in [1.82, 2.24) is 4.90 Å². The van der Waals surface area contributed by atoms with E-state index in [1.54, 1.807) is 0 Å². The molecular formula is C12H21NO2. The van der Waals surface area contributed by atoms with E-state index in [1.807, 2.05) is 0 Å². The lowest BCUT2D eigenvalue weighted by Gasteiger charge is -2.36. The monoisotopic (exact) mass is 211 g/mol. The molecule has 0 aromatic rings. The molecule has 2 heterocycles. The van der Waals surface area contributed by atoms with Gasteiger partial charge in [0.25, 0.3) is 0 Å². The highest BCUT2D eigenvalue weighted by atomic mass is 16.5. The van der Waals surface area contributed by atoms with Crippen molar-refractivity contribution in [3.63, 3.8) is 0 Å². The number of likely N-dealkylation sites (tertiary alicyclic amines) is 1. The minimum atomic E-state index is 0.335. The molecule has 3 nitrogen and oxygen atoms in total. The van der Waals surface area contributed by atoms with Crippen LogP contribution in [0, 0.1) is 17.8 Å². The maximum atomic E-state index is 12.0. The molecule has 3 heteroatoms.